The summed E-state index contributed by atoms with van der Waals surface area (Å²) in [7, 11) is 0. The first kappa shape index (κ1) is 17.2. The van der Waals surface area contributed by atoms with Crippen molar-refractivity contribution in [2.45, 2.75) is 46.1 Å². The highest BCUT2D eigenvalue weighted by atomic mass is 15.0. The van der Waals surface area contributed by atoms with E-state index in [1.807, 2.05) is 12.1 Å². The van der Waals surface area contributed by atoms with Crippen LogP contribution in [0.4, 0.5) is 0 Å². The van der Waals surface area contributed by atoms with Crippen LogP contribution in [0.5, 0.6) is 0 Å². The summed E-state index contributed by atoms with van der Waals surface area (Å²) >= 11 is 0. The van der Waals surface area contributed by atoms with Gasteiger partial charge >= 0.3 is 0 Å². The minimum absolute atomic E-state index is 0.669. The van der Waals surface area contributed by atoms with Crippen molar-refractivity contribution < 1.29 is 0 Å². The summed E-state index contributed by atoms with van der Waals surface area (Å²) in [5.74, 6) is 6.21. The zero-order valence-electron chi connectivity index (χ0n) is 15.2. The summed E-state index contributed by atoms with van der Waals surface area (Å²) in [6.45, 7) is 5.55. The average Bonchev–Trinajstić information content (AvgIpc) is 2.96. The van der Waals surface area contributed by atoms with E-state index < -0.39 is 0 Å². The van der Waals surface area contributed by atoms with Crippen LogP contribution in [0, 0.1) is 30.6 Å². The third-order valence-electron chi connectivity index (χ3n) is 5.18. The maximum Gasteiger partial charge on any atom is 0.0503 e. The van der Waals surface area contributed by atoms with Crippen molar-refractivity contribution in [3.8, 4) is 24.7 Å². The molecule has 1 heterocycles. The minimum atomic E-state index is 0.669. The maximum atomic E-state index is 5.64. The zero-order chi connectivity index (χ0) is 17.8. The molecule has 1 atom stereocenters. The number of hydrogen-bond acceptors (Lipinski definition) is 0. The molecule has 0 saturated carbocycles. The summed E-state index contributed by atoms with van der Waals surface area (Å²) < 4.78 is 2.43. The molecular weight excluding hydrogens is 302 g/mol. The number of unbranched alkanes of at least 4 members (excludes halogenated alkanes) is 1. The van der Waals surface area contributed by atoms with E-state index in [1.54, 1.807) is 0 Å². The summed E-state index contributed by atoms with van der Waals surface area (Å²) in [4.78, 5) is 0. The van der Waals surface area contributed by atoms with Crippen LogP contribution in [0.15, 0.2) is 36.4 Å². The molecule has 0 N–H and O–H groups in total. The van der Waals surface area contributed by atoms with Crippen molar-refractivity contribution >= 4 is 21.8 Å². The number of rotatable bonds is 6. The van der Waals surface area contributed by atoms with Crippen molar-refractivity contribution in [1.82, 2.24) is 4.57 Å². The van der Waals surface area contributed by atoms with Gasteiger partial charge in [-0.1, -0.05) is 57.1 Å². The molecule has 3 rings (SSSR count). The highest BCUT2D eigenvalue weighted by Gasteiger charge is 2.15. The fourth-order valence-electron chi connectivity index (χ4n) is 3.65. The minimum Gasteiger partial charge on any atom is -0.340 e. The van der Waals surface area contributed by atoms with Gasteiger partial charge in [0.05, 0.1) is 11.0 Å². The molecule has 1 unspecified atom stereocenters. The Morgan fingerprint density at radius 1 is 0.920 bits per heavy atom. The number of fused-ring (bicyclic) bond motifs is 3. The van der Waals surface area contributed by atoms with Gasteiger partial charge in [-0.05, 0) is 36.6 Å². The summed E-state index contributed by atoms with van der Waals surface area (Å²) in [6, 6.07) is 12.6. The first-order valence-electron chi connectivity index (χ1n) is 9.21. The smallest absolute Gasteiger partial charge is 0.0503 e. The molecule has 2 aromatic carbocycles. The molecule has 0 fully saturated rings. The number of nitrogens with zero attached hydrogens (tertiary/aromatic N) is 1. The maximum absolute atomic E-state index is 5.64. The number of hydrogen-bond donors (Lipinski definition) is 0. The highest BCUT2D eigenvalue weighted by molar-refractivity contribution is 6.08. The van der Waals surface area contributed by atoms with Crippen LogP contribution in [0.2, 0.25) is 0 Å². The van der Waals surface area contributed by atoms with Gasteiger partial charge in [0.15, 0.2) is 0 Å². The van der Waals surface area contributed by atoms with Gasteiger partial charge in [-0.15, -0.1) is 12.8 Å². The normalized spacial score (nSPS) is 12.2. The standard InChI is InChI=1S/C24H25N/c1-5-9-10-20(8-4)17-25-23-15-18(6-2)11-13-21(23)22-14-12-19(7-3)16-24(22)25/h2-3,11-16,20H,5,8-10,17H2,1,4H3. The molecule has 3 aromatic rings. The Kier molecular flexibility index (Phi) is 5.16. The molecule has 0 aliphatic rings. The Balaban J connectivity index is 2.20. The van der Waals surface area contributed by atoms with Crippen LogP contribution < -0.4 is 0 Å². The lowest BCUT2D eigenvalue weighted by Crippen LogP contribution is -2.10. The molecule has 126 valence electrons. The first-order valence-corrected chi connectivity index (χ1v) is 9.21. The van der Waals surface area contributed by atoms with Crippen LogP contribution in [-0.2, 0) is 6.54 Å². The average molecular weight is 327 g/mol. The second kappa shape index (κ2) is 7.50. The topological polar surface area (TPSA) is 4.93 Å². The second-order valence-electron chi connectivity index (χ2n) is 6.78. The molecule has 25 heavy (non-hydrogen) atoms. The summed E-state index contributed by atoms with van der Waals surface area (Å²) in [6.07, 6.45) is 16.2. The van der Waals surface area contributed by atoms with E-state index in [2.05, 4.69) is 54.5 Å². The first-order chi connectivity index (χ1) is 12.2. The van der Waals surface area contributed by atoms with Crippen LogP contribution in [0.1, 0.15) is 50.7 Å². The Labute approximate surface area is 151 Å². The SMILES string of the molecule is C#Cc1ccc2c3ccc(C#C)cc3n(CC(CC)CCCC)c2c1. The molecule has 0 radical (unpaired) electrons. The number of aromatic nitrogens is 1. The lowest BCUT2D eigenvalue weighted by atomic mass is 9.99. The van der Waals surface area contributed by atoms with Crippen molar-refractivity contribution in [2.75, 3.05) is 0 Å². The van der Waals surface area contributed by atoms with Gasteiger partial charge in [0.25, 0.3) is 0 Å². The number of benzene rings is 2. The van der Waals surface area contributed by atoms with E-state index in [1.165, 1.54) is 47.5 Å². The predicted molar refractivity (Wildman–Crippen MR) is 109 cm³/mol. The van der Waals surface area contributed by atoms with Gasteiger partial charge in [-0.2, -0.15) is 0 Å². The molecule has 0 bridgehead atoms. The fourth-order valence-corrected chi connectivity index (χ4v) is 3.65. The van der Waals surface area contributed by atoms with Crippen LogP contribution >= 0.6 is 0 Å². The molecule has 0 saturated heterocycles. The summed E-state index contributed by atoms with van der Waals surface area (Å²) in [5, 5.41) is 2.51. The lowest BCUT2D eigenvalue weighted by molar-refractivity contribution is 0.401. The molecule has 0 aliphatic heterocycles. The van der Waals surface area contributed by atoms with Crippen molar-refractivity contribution in [3.05, 3.63) is 47.5 Å². The highest BCUT2D eigenvalue weighted by Crippen LogP contribution is 2.32. The van der Waals surface area contributed by atoms with Crippen LogP contribution in [0.25, 0.3) is 21.8 Å². The quantitative estimate of drug-likeness (QED) is 0.491. The molecule has 0 amide bonds. The molecule has 1 aromatic heterocycles. The molecule has 1 nitrogen and oxygen atoms in total. The van der Waals surface area contributed by atoms with E-state index in [4.69, 9.17) is 12.8 Å². The van der Waals surface area contributed by atoms with Crippen LogP contribution in [-0.4, -0.2) is 4.57 Å². The van der Waals surface area contributed by atoms with Gasteiger partial charge in [-0.25, -0.2) is 0 Å². The molecule has 1 heteroatoms. The Hall–Kier alpha value is -2.64. The van der Waals surface area contributed by atoms with E-state index in [9.17, 15) is 0 Å². The third kappa shape index (κ3) is 3.29. The zero-order valence-corrected chi connectivity index (χ0v) is 15.2. The monoisotopic (exact) mass is 327 g/mol. The van der Waals surface area contributed by atoms with Crippen molar-refractivity contribution in [3.63, 3.8) is 0 Å². The van der Waals surface area contributed by atoms with E-state index >= 15 is 0 Å². The lowest BCUT2D eigenvalue weighted by Gasteiger charge is -2.17. The van der Waals surface area contributed by atoms with Gasteiger partial charge in [0.2, 0.25) is 0 Å². The van der Waals surface area contributed by atoms with Gasteiger partial charge in [-0.3, -0.25) is 0 Å². The largest absolute Gasteiger partial charge is 0.340 e. The second-order valence-corrected chi connectivity index (χ2v) is 6.78. The van der Waals surface area contributed by atoms with E-state index in [-0.39, 0.29) is 0 Å². The Morgan fingerprint density at radius 3 is 1.92 bits per heavy atom. The Morgan fingerprint density at radius 2 is 1.48 bits per heavy atom. The molecular formula is C24H25N. The number of terminal acetylenes is 2. The molecule has 0 aliphatic carbocycles. The van der Waals surface area contributed by atoms with E-state index in [0.29, 0.717) is 5.92 Å². The van der Waals surface area contributed by atoms with Gasteiger partial charge in [0.1, 0.15) is 0 Å². The van der Waals surface area contributed by atoms with Gasteiger partial charge in [0, 0.05) is 28.4 Å². The summed E-state index contributed by atoms with van der Waals surface area (Å²) in [5.41, 5.74) is 4.29. The predicted octanol–water partition coefficient (Wildman–Crippen LogP) is 5.97. The van der Waals surface area contributed by atoms with Crippen molar-refractivity contribution in [1.29, 1.82) is 0 Å². The molecule has 0 spiro atoms. The fraction of sp³-hybridized carbons (Fsp3) is 0.333. The van der Waals surface area contributed by atoms with Crippen LogP contribution in [0.3, 0.4) is 0 Å². The van der Waals surface area contributed by atoms with E-state index in [0.717, 1.165) is 17.7 Å². The third-order valence-corrected chi connectivity index (χ3v) is 5.18. The van der Waals surface area contributed by atoms with Crippen molar-refractivity contribution in [2.24, 2.45) is 5.92 Å². The Bertz CT molecular complexity index is 904. The van der Waals surface area contributed by atoms with Gasteiger partial charge < -0.3 is 4.57 Å².